The molecule has 1 atom stereocenters. The number of nitriles is 1. The van der Waals surface area contributed by atoms with Crippen molar-refractivity contribution in [2.45, 2.75) is 51.2 Å². The number of nitrogens with zero attached hydrogens (tertiary/aromatic N) is 4. The minimum Gasteiger partial charge on any atom is -0.399 e. The fraction of sp³-hybridized carbons (Fsp3) is 0.314. The summed E-state index contributed by atoms with van der Waals surface area (Å²) in [6.45, 7) is 8.38. The molecule has 50 heavy (non-hydrogen) atoms. The van der Waals surface area contributed by atoms with Gasteiger partial charge in [0, 0.05) is 59.5 Å². The normalized spacial score (nSPS) is 15.4. The first-order valence-electron chi connectivity index (χ1n) is 15.9. The molecule has 1 aliphatic rings. The fourth-order valence-electron chi connectivity index (χ4n) is 5.99. The first-order chi connectivity index (χ1) is 23.5. The first-order valence-corrected chi connectivity index (χ1v) is 18.5. The monoisotopic (exact) mass is 739 g/mol. The van der Waals surface area contributed by atoms with Crippen molar-refractivity contribution in [1.29, 1.82) is 5.26 Å². The van der Waals surface area contributed by atoms with Crippen LogP contribution < -0.4 is 26.9 Å². The standard InChI is InChI=1S/C35H40Cl2FN9O2S/c1-35(2,3)46-12-10-26(11-13-46)47(41)20-31(40)33(21-6-5-7-24(14-21)45-50(4,48)49)44-25-15-27-32(43-23-8-9-30(38)28(36)16-23)22(18-39)19-42-34(27)29(37)17-25/h5-9,14-17,19-20,26,33,44-45H,10-13,40-41H2,1-4H3,(H,42,43)/b31-20-. The van der Waals surface area contributed by atoms with Crippen molar-refractivity contribution in [3.63, 3.8) is 0 Å². The van der Waals surface area contributed by atoms with Crippen molar-refractivity contribution >= 4 is 66.9 Å². The summed E-state index contributed by atoms with van der Waals surface area (Å²) in [6, 6.07) is 16.0. The van der Waals surface area contributed by atoms with Crippen LogP contribution >= 0.6 is 23.2 Å². The van der Waals surface area contributed by atoms with E-state index in [1.54, 1.807) is 41.5 Å². The molecule has 2 heterocycles. The van der Waals surface area contributed by atoms with Crippen LogP contribution in [0.3, 0.4) is 0 Å². The van der Waals surface area contributed by atoms with Crippen molar-refractivity contribution in [1.82, 2.24) is 14.9 Å². The summed E-state index contributed by atoms with van der Waals surface area (Å²) in [5.74, 6) is 6.03. The molecule has 5 rings (SSSR count). The van der Waals surface area contributed by atoms with E-state index in [0.717, 1.165) is 32.2 Å². The van der Waals surface area contributed by atoms with Crippen LogP contribution in [-0.2, 0) is 10.0 Å². The van der Waals surface area contributed by atoms with Gasteiger partial charge >= 0.3 is 0 Å². The van der Waals surface area contributed by atoms with Crippen molar-refractivity contribution in [3.8, 4) is 6.07 Å². The number of nitrogens with one attached hydrogen (secondary N) is 3. The molecule has 3 aromatic carbocycles. The van der Waals surface area contributed by atoms with Gasteiger partial charge in [0.15, 0.2) is 0 Å². The maximum absolute atomic E-state index is 13.9. The molecule has 11 nitrogen and oxygen atoms in total. The van der Waals surface area contributed by atoms with E-state index in [1.165, 1.54) is 24.4 Å². The highest BCUT2D eigenvalue weighted by atomic mass is 35.5. The van der Waals surface area contributed by atoms with E-state index in [1.807, 2.05) is 6.07 Å². The minimum atomic E-state index is -3.56. The van der Waals surface area contributed by atoms with Gasteiger partial charge in [-0.25, -0.2) is 18.7 Å². The minimum absolute atomic E-state index is 0.0604. The zero-order valence-corrected chi connectivity index (χ0v) is 30.5. The number of piperidine rings is 1. The SMILES string of the molecule is CC(C)(C)N1CCC(N(N)/C=C(\N)C(Nc2cc(Cl)c3ncc(C#N)c(Nc4ccc(F)c(Cl)c4)c3c2)c2cccc(NS(C)(=O)=O)c2)CC1. The number of benzene rings is 3. The maximum Gasteiger partial charge on any atom is 0.229 e. The largest absolute Gasteiger partial charge is 0.399 e. The van der Waals surface area contributed by atoms with Gasteiger partial charge in [-0.2, -0.15) is 5.26 Å². The van der Waals surface area contributed by atoms with E-state index in [9.17, 15) is 18.1 Å². The topological polar surface area (TPSA) is 165 Å². The Morgan fingerprint density at radius 1 is 1.10 bits per heavy atom. The lowest BCUT2D eigenvalue weighted by Crippen LogP contribution is -2.51. The summed E-state index contributed by atoms with van der Waals surface area (Å²) in [4.78, 5) is 6.85. The molecule has 4 aromatic rings. The first kappa shape index (κ1) is 36.9. The second-order valence-electron chi connectivity index (χ2n) is 13.3. The third-order valence-electron chi connectivity index (χ3n) is 8.53. The van der Waals surface area contributed by atoms with Gasteiger partial charge < -0.3 is 21.4 Å². The Balaban J connectivity index is 1.54. The van der Waals surface area contributed by atoms with Crippen LogP contribution in [0.2, 0.25) is 10.0 Å². The van der Waals surface area contributed by atoms with Crippen LogP contribution in [-0.4, -0.2) is 54.2 Å². The number of anilines is 4. The van der Waals surface area contributed by atoms with Crippen LogP contribution in [0.5, 0.6) is 0 Å². The Bertz CT molecular complexity index is 2080. The number of halogens is 3. The second-order valence-corrected chi connectivity index (χ2v) is 15.9. The molecule has 1 aromatic heterocycles. The fourth-order valence-corrected chi connectivity index (χ4v) is 6.99. The smallest absolute Gasteiger partial charge is 0.229 e. The van der Waals surface area contributed by atoms with Crippen molar-refractivity contribution in [3.05, 3.63) is 99.7 Å². The summed E-state index contributed by atoms with van der Waals surface area (Å²) >= 11 is 12.8. The van der Waals surface area contributed by atoms with E-state index < -0.39 is 21.9 Å². The molecular formula is C35H40Cl2FN9O2S. The predicted molar refractivity (Wildman–Crippen MR) is 200 cm³/mol. The number of hydrogen-bond acceptors (Lipinski definition) is 10. The van der Waals surface area contributed by atoms with E-state index in [-0.39, 0.29) is 27.2 Å². The molecule has 0 aliphatic carbocycles. The summed E-state index contributed by atoms with van der Waals surface area (Å²) in [7, 11) is -3.56. The number of hydrazine groups is 1. The second kappa shape index (κ2) is 14.9. The lowest BCUT2D eigenvalue weighted by molar-refractivity contribution is 0.0713. The molecule has 15 heteroatoms. The lowest BCUT2D eigenvalue weighted by atomic mass is 9.97. The van der Waals surface area contributed by atoms with Gasteiger partial charge in [0.25, 0.3) is 0 Å². The zero-order chi connectivity index (χ0) is 36.4. The van der Waals surface area contributed by atoms with E-state index in [2.05, 4.69) is 52.1 Å². The molecule has 0 spiro atoms. The Morgan fingerprint density at radius 2 is 1.80 bits per heavy atom. The molecule has 1 saturated heterocycles. The number of nitrogens with two attached hydrogens (primary N) is 2. The average Bonchev–Trinajstić information content (AvgIpc) is 3.04. The van der Waals surface area contributed by atoms with Crippen LogP contribution in [0.25, 0.3) is 10.9 Å². The van der Waals surface area contributed by atoms with Crippen LogP contribution in [0, 0.1) is 17.1 Å². The lowest BCUT2D eigenvalue weighted by Gasteiger charge is -2.42. The molecule has 264 valence electrons. The Labute approximate surface area is 302 Å². The molecule has 0 radical (unpaired) electrons. The molecular weight excluding hydrogens is 700 g/mol. The number of likely N-dealkylation sites (tertiary alicyclic amines) is 1. The highest BCUT2D eigenvalue weighted by molar-refractivity contribution is 7.92. The summed E-state index contributed by atoms with van der Waals surface area (Å²) in [5, 5.41) is 18.9. The molecule has 1 aliphatic heterocycles. The van der Waals surface area contributed by atoms with Crippen LogP contribution in [0.1, 0.15) is 50.8 Å². The zero-order valence-electron chi connectivity index (χ0n) is 28.1. The number of sulfonamides is 1. The average molecular weight is 741 g/mol. The Kier molecular flexibility index (Phi) is 11.0. The van der Waals surface area contributed by atoms with Crippen LogP contribution in [0.4, 0.5) is 27.1 Å². The number of pyridine rings is 1. The predicted octanol–water partition coefficient (Wildman–Crippen LogP) is 7.06. The van der Waals surface area contributed by atoms with Gasteiger partial charge in [0.1, 0.15) is 11.9 Å². The number of aromatic nitrogens is 1. The summed E-state index contributed by atoms with van der Waals surface area (Å²) in [6.07, 6.45) is 5.89. The highest BCUT2D eigenvalue weighted by Gasteiger charge is 2.29. The molecule has 7 N–H and O–H groups in total. The van der Waals surface area contributed by atoms with Crippen molar-refractivity contribution < 1.29 is 12.8 Å². The van der Waals surface area contributed by atoms with Gasteiger partial charge in [-0.3, -0.25) is 14.6 Å². The van der Waals surface area contributed by atoms with E-state index in [0.29, 0.717) is 44.9 Å². The van der Waals surface area contributed by atoms with Gasteiger partial charge in [0.05, 0.1) is 44.8 Å². The number of fused-ring (bicyclic) bond motifs is 1. The van der Waals surface area contributed by atoms with Gasteiger partial charge in [-0.05, 0) is 81.6 Å². The van der Waals surface area contributed by atoms with Gasteiger partial charge in [-0.15, -0.1) is 0 Å². The number of rotatable bonds is 10. The molecule has 1 fully saturated rings. The third-order valence-corrected chi connectivity index (χ3v) is 9.72. The van der Waals surface area contributed by atoms with Gasteiger partial charge in [0.2, 0.25) is 10.0 Å². The van der Waals surface area contributed by atoms with E-state index in [4.69, 9.17) is 34.8 Å². The quantitative estimate of drug-likeness (QED) is 0.0840. The maximum atomic E-state index is 13.9. The van der Waals surface area contributed by atoms with E-state index >= 15 is 0 Å². The molecule has 0 saturated carbocycles. The van der Waals surface area contributed by atoms with Crippen LogP contribution in [0.15, 0.2) is 72.7 Å². The molecule has 1 unspecified atom stereocenters. The van der Waals surface area contributed by atoms with Gasteiger partial charge in [-0.1, -0.05) is 35.3 Å². The summed E-state index contributed by atoms with van der Waals surface area (Å²) < 4.78 is 40.5. The molecule has 0 bridgehead atoms. The Morgan fingerprint density at radius 3 is 2.44 bits per heavy atom. The van der Waals surface area contributed by atoms with Crippen molar-refractivity contribution in [2.75, 3.05) is 34.7 Å². The third kappa shape index (κ3) is 8.88. The molecule has 0 amide bonds. The highest BCUT2D eigenvalue weighted by Crippen LogP contribution is 2.37. The number of hydrogen-bond donors (Lipinski definition) is 5. The summed E-state index contributed by atoms with van der Waals surface area (Å²) in [5.41, 5.74) is 10.2. The Hall–Kier alpha value is -4.32. The van der Waals surface area contributed by atoms with Crippen molar-refractivity contribution in [2.24, 2.45) is 11.6 Å².